The van der Waals surface area contributed by atoms with Crippen LogP contribution < -0.4 is 5.32 Å². The summed E-state index contributed by atoms with van der Waals surface area (Å²) >= 11 is 2.92. The van der Waals surface area contributed by atoms with Crippen molar-refractivity contribution in [2.75, 3.05) is 7.05 Å². The highest BCUT2D eigenvalue weighted by atomic mass is 79.9. The molecule has 0 aromatic heterocycles. The molecule has 0 spiro atoms. The molecule has 0 bridgehead atoms. The summed E-state index contributed by atoms with van der Waals surface area (Å²) in [5.74, 6) is -2.34. The zero-order valence-electron chi connectivity index (χ0n) is 9.20. The van der Waals surface area contributed by atoms with Crippen molar-refractivity contribution in [1.29, 1.82) is 0 Å². The number of likely N-dealkylation sites (N-methyl/N-ethyl adjacent to an activating group) is 1. The minimum atomic E-state index is -1.01. The standard InChI is InChI=1S/C11H12BrF2NO/c1-11(2,15-3)10(16)8-7(13)5-4-6(12)9(8)14/h4-5,15H,1-3H3. The molecule has 0 atom stereocenters. The number of benzene rings is 1. The minimum Gasteiger partial charge on any atom is -0.308 e. The fourth-order valence-corrected chi connectivity index (χ4v) is 1.49. The lowest BCUT2D eigenvalue weighted by molar-refractivity contribution is 0.0880. The maximum atomic E-state index is 13.6. The van der Waals surface area contributed by atoms with Crippen LogP contribution in [-0.4, -0.2) is 18.4 Å². The van der Waals surface area contributed by atoms with Gasteiger partial charge in [-0.25, -0.2) is 8.78 Å². The molecule has 1 N–H and O–H groups in total. The first-order chi connectivity index (χ1) is 7.31. The molecule has 88 valence electrons. The van der Waals surface area contributed by atoms with E-state index in [4.69, 9.17) is 0 Å². The smallest absolute Gasteiger partial charge is 0.188 e. The number of carbonyl (C=O) groups excluding carboxylic acids is 1. The maximum absolute atomic E-state index is 13.6. The number of rotatable bonds is 3. The van der Waals surface area contributed by atoms with Crippen molar-refractivity contribution in [2.24, 2.45) is 0 Å². The van der Waals surface area contributed by atoms with E-state index in [1.165, 1.54) is 6.07 Å². The lowest BCUT2D eigenvalue weighted by Gasteiger charge is -2.22. The summed E-state index contributed by atoms with van der Waals surface area (Å²) < 4.78 is 27.2. The largest absolute Gasteiger partial charge is 0.308 e. The molecule has 1 rings (SSSR count). The Morgan fingerprint density at radius 3 is 2.44 bits per heavy atom. The van der Waals surface area contributed by atoms with Crippen LogP contribution in [0.25, 0.3) is 0 Å². The van der Waals surface area contributed by atoms with Crippen molar-refractivity contribution in [2.45, 2.75) is 19.4 Å². The Labute approximate surface area is 101 Å². The van der Waals surface area contributed by atoms with Crippen molar-refractivity contribution >= 4 is 21.7 Å². The van der Waals surface area contributed by atoms with Crippen LogP contribution in [0.5, 0.6) is 0 Å². The third-order valence-electron chi connectivity index (χ3n) is 2.46. The lowest BCUT2D eigenvalue weighted by Crippen LogP contribution is -2.45. The van der Waals surface area contributed by atoms with Crippen LogP contribution in [0.3, 0.4) is 0 Å². The predicted octanol–water partition coefficient (Wildman–Crippen LogP) is 2.91. The SMILES string of the molecule is CNC(C)(C)C(=O)c1c(F)ccc(Br)c1F. The normalized spacial score (nSPS) is 11.6. The molecular weight excluding hydrogens is 280 g/mol. The van der Waals surface area contributed by atoms with E-state index in [-0.39, 0.29) is 4.47 Å². The van der Waals surface area contributed by atoms with Crippen LogP contribution in [-0.2, 0) is 0 Å². The van der Waals surface area contributed by atoms with Gasteiger partial charge in [-0.3, -0.25) is 4.79 Å². The number of Topliss-reactive ketones (excluding diaryl/α,β-unsaturated/α-hetero) is 1. The number of hydrogen-bond acceptors (Lipinski definition) is 2. The summed E-state index contributed by atoms with van der Waals surface area (Å²) in [7, 11) is 1.56. The molecule has 0 aliphatic carbocycles. The molecule has 2 nitrogen and oxygen atoms in total. The van der Waals surface area contributed by atoms with Gasteiger partial charge in [0.05, 0.1) is 15.6 Å². The number of nitrogens with one attached hydrogen (secondary N) is 1. The van der Waals surface area contributed by atoms with Crippen molar-refractivity contribution < 1.29 is 13.6 Å². The molecule has 0 aliphatic rings. The Hall–Kier alpha value is -0.810. The Balaban J connectivity index is 3.34. The van der Waals surface area contributed by atoms with E-state index >= 15 is 0 Å². The Kier molecular flexibility index (Phi) is 3.80. The van der Waals surface area contributed by atoms with Gasteiger partial charge in [0, 0.05) is 0 Å². The van der Waals surface area contributed by atoms with E-state index in [1.807, 2.05) is 0 Å². The molecule has 0 aliphatic heterocycles. The molecule has 0 heterocycles. The molecule has 16 heavy (non-hydrogen) atoms. The predicted molar refractivity (Wildman–Crippen MR) is 61.5 cm³/mol. The van der Waals surface area contributed by atoms with Gasteiger partial charge in [0.15, 0.2) is 11.6 Å². The van der Waals surface area contributed by atoms with Crippen LogP contribution in [0.15, 0.2) is 16.6 Å². The summed E-state index contributed by atoms with van der Waals surface area (Å²) in [6, 6.07) is 2.29. The first kappa shape index (κ1) is 13.3. The molecule has 0 fully saturated rings. The van der Waals surface area contributed by atoms with Crippen LogP contribution in [0, 0.1) is 11.6 Å². The van der Waals surface area contributed by atoms with Crippen LogP contribution in [0.1, 0.15) is 24.2 Å². The van der Waals surface area contributed by atoms with E-state index in [1.54, 1.807) is 20.9 Å². The highest BCUT2D eigenvalue weighted by Crippen LogP contribution is 2.24. The fourth-order valence-electron chi connectivity index (χ4n) is 1.16. The minimum absolute atomic E-state index is 0.0733. The van der Waals surface area contributed by atoms with Gasteiger partial charge < -0.3 is 5.32 Å². The number of carbonyl (C=O) groups is 1. The van der Waals surface area contributed by atoms with Gasteiger partial charge in [-0.05, 0) is 49.0 Å². The summed E-state index contributed by atoms with van der Waals surface area (Å²) in [5.41, 5.74) is -1.53. The van der Waals surface area contributed by atoms with Crippen LogP contribution >= 0.6 is 15.9 Å². The second-order valence-electron chi connectivity index (χ2n) is 3.92. The molecular formula is C11H12BrF2NO. The first-order valence-corrected chi connectivity index (χ1v) is 5.47. The van der Waals surface area contributed by atoms with E-state index in [0.29, 0.717) is 0 Å². The van der Waals surface area contributed by atoms with Crippen molar-refractivity contribution in [3.8, 4) is 0 Å². The van der Waals surface area contributed by atoms with Gasteiger partial charge >= 0.3 is 0 Å². The zero-order chi connectivity index (χ0) is 12.5. The topological polar surface area (TPSA) is 29.1 Å². The Morgan fingerprint density at radius 2 is 1.94 bits per heavy atom. The second-order valence-corrected chi connectivity index (χ2v) is 4.78. The van der Waals surface area contributed by atoms with Crippen molar-refractivity contribution in [3.63, 3.8) is 0 Å². The van der Waals surface area contributed by atoms with Gasteiger partial charge in [-0.1, -0.05) is 0 Å². The zero-order valence-corrected chi connectivity index (χ0v) is 10.8. The molecule has 1 aromatic rings. The Morgan fingerprint density at radius 1 is 1.38 bits per heavy atom. The van der Waals surface area contributed by atoms with E-state index in [9.17, 15) is 13.6 Å². The Bertz CT molecular complexity index is 432. The number of ketones is 1. The van der Waals surface area contributed by atoms with Crippen molar-refractivity contribution in [3.05, 3.63) is 33.8 Å². The molecule has 0 radical (unpaired) electrons. The maximum Gasteiger partial charge on any atom is 0.188 e. The summed E-state index contributed by atoms with van der Waals surface area (Å²) in [4.78, 5) is 11.9. The highest BCUT2D eigenvalue weighted by Gasteiger charge is 2.31. The number of halogens is 3. The molecule has 0 saturated carbocycles. The summed E-state index contributed by atoms with van der Waals surface area (Å²) in [6.45, 7) is 3.13. The second kappa shape index (κ2) is 4.59. The third-order valence-corrected chi connectivity index (χ3v) is 3.08. The van der Waals surface area contributed by atoms with E-state index < -0.39 is 28.5 Å². The molecule has 5 heteroatoms. The van der Waals surface area contributed by atoms with Gasteiger partial charge in [0.25, 0.3) is 0 Å². The molecule has 0 saturated heterocycles. The highest BCUT2D eigenvalue weighted by molar-refractivity contribution is 9.10. The van der Waals surface area contributed by atoms with E-state index in [2.05, 4.69) is 21.2 Å². The fraction of sp³-hybridized carbons (Fsp3) is 0.364. The monoisotopic (exact) mass is 291 g/mol. The quantitative estimate of drug-likeness (QED) is 0.685. The summed E-state index contributed by atoms with van der Waals surface area (Å²) in [5, 5.41) is 2.72. The molecule has 0 unspecified atom stereocenters. The number of hydrogen-bond donors (Lipinski definition) is 1. The van der Waals surface area contributed by atoms with Gasteiger partial charge in [0.1, 0.15) is 5.82 Å². The summed E-state index contributed by atoms with van der Waals surface area (Å²) in [6.07, 6.45) is 0. The van der Waals surface area contributed by atoms with Gasteiger partial charge in [-0.15, -0.1) is 0 Å². The molecule has 0 amide bonds. The first-order valence-electron chi connectivity index (χ1n) is 4.68. The molecule has 1 aromatic carbocycles. The van der Waals surface area contributed by atoms with Gasteiger partial charge in [0.2, 0.25) is 0 Å². The average Bonchev–Trinajstić information content (AvgIpc) is 2.24. The lowest BCUT2D eigenvalue weighted by atomic mass is 9.93. The van der Waals surface area contributed by atoms with E-state index in [0.717, 1.165) is 6.07 Å². The third kappa shape index (κ3) is 2.30. The van der Waals surface area contributed by atoms with Gasteiger partial charge in [-0.2, -0.15) is 0 Å². The van der Waals surface area contributed by atoms with Crippen LogP contribution in [0.4, 0.5) is 8.78 Å². The average molecular weight is 292 g/mol. The van der Waals surface area contributed by atoms with Crippen molar-refractivity contribution in [1.82, 2.24) is 5.32 Å². The van der Waals surface area contributed by atoms with Crippen LogP contribution in [0.2, 0.25) is 0 Å².